The van der Waals surface area contributed by atoms with Crippen LogP contribution in [0.2, 0.25) is 0 Å². The van der Waals surface area contributed by atoms with Gasteiger partial charge < -0.3 is 10.2 Å². The molecular formula is C19H23N3O6S3. The Morgan fingerprint density at radius 1 is 0.871 bits per heavy atom. The molecule has 9 nitrogen and oxygen atoms in total. The van der Waals surface area contributed by atoms with Crippen molar-refractivity contribution in [3.05, 3.63) is 54.1 Å². The summed E-state index contributed by atoms with van der Waals surface area (Å²) in [5.74, 6) is -0.845. The largest absolute Gasteiger partial charge is 0.354 e. The maximum absolute atomic E-state index is 9.86. The molecule has 0 bridgehead atoms. The molecule has 1 fully saturated rings. The molecule has 0 spiro atoms. The Morgan fingerprint density at radius 2 is 1.42 bits per heavy atom. The summed E-state index contributed by atoms with van der Waals surface area (Å²) in [5.41, 5.74) is 2.33. The molecule has 0 amide bonds. The van der Waals surface area contributed by atoms with Crippen LogP contribution in [-0.4, -0.2) is 74.4 Å². The van der Waals surface area contributed by atoms with Crippen LogP contribution >= 0.6 is 11.8 Å². The van der Waals surface area contributed by atoms with E-state index in [2.05, 4.69) is 58.7 Å². The molecule has 31 heavy (non-hydrogen) atoms. The molecule has 2 aliphatic heterocycles. The van der Waals surface area contributed by atoms with Gasteiger partial charge in [0, 0.05) is 41.5 Å². The summed E-state index contributed by atoms with van der Waals surface area (Å²) in [6.07, 6.45) is 0. The average molecular weight is 486 g/mol. The van der Waals surface area contributed by atoms with Crippen LogP contribution < -0.4 is 5.32 Å². The molecule has 0 aliphatic carbocycles. The number of amidine groups is 1. The lowest BCUT2D eigenvalue weighted by Gasteiger charge is -2.30. The Morgan fingerprint density at radius 3 is 2.03 bits per heavy atom. The van der Waals surface area contributed by atoms with Gasteiger partial charge in [-0.1, -0.05) is 42.1 Å². The lowest BCUT2D eigenvalue weighted by atomic mass is 10.1. The summed E-state index contributed by atoms with van der Waals surface area (Å²) in [6.45, 7) is 4.08. The minimum atomic E-state index is -4.30. The van der Waals surface area contributed by atoms with Crippen LogP contribution in [0.5, 0.6) is 0 Å². The molecule has 2 aromatic carbocycles. The van der Waals surface area contributed by atoms with Crippen molar-refractivity contribution in [1.29, 1.82) is 0 Å². The van der Waals surface area contributed by atoms with Gasteiger partial charge in [0.15, 0.2) is 0 Å². The zero-order chi connectivity index (χ0) is 22.5. The minimum Gasteiger partial charge on any atom is -0.354 e. The molecule has 2 aromatic rings. The number of para-hydroxylation sites is 1. The van der Waals surface area contributed by atoms with Gasteiger partial charge in [-0.3, -0.25) is 9.11 Å². The molecule has 0 saturated carbocycles. The quantitative estimate of drug-likeness (QED) is 0.557. The van der Waals surface area contributed by atoms with Crippen LogP contribution in [0.3, 0.4) is 0 Å². The molecule has 2 heterocycles. The third-order valence-corrected chi connectivity index (χ3v) is 7.29. The number of piperazine rings is 1. The van der Waals surface area contributed by atoms with Crippen molar-refractivity contribution in [2.24, 2.45) is 4.99 Å². The Kier molecular flexibility index (Phi) is 7.73. The Bertz CT molecular complexity index is 1130. The van der Waals surface area contributed by atoms with E-state index >= 15 is 0 Å². The van der Waals surface area contributed by atoms with Gasteiger partial charge in [-0.15, -0.1) is 0 Å². The first kappa shape index (κ1) is 23.7. The molecule has 1 saturated heterocycles. The summed E-state index contributed by atoms with van der Waals surface area (Å²) in [6, 6.07) is 17.0. The van der Waals surface area contributed by atoms with Crippen LogP contribution in [0.25, 0.3) is 0 Å². The van der Waals surface area contributed by atoms with Crippen molar-refractivity contribution >= 4 is 43.5 Å². The number of rotatable bonds is 3. The maximum Gasteiger partial charge on any atom is 0.265 e. The monoisotopic (exact) mass is 485 g/mol. The van der Waals surface area contributed by atoms with Gasteiger partial charge in [-0.2, -0.15) is 16.8 Å². The van der Waals surface area contributed by atoms with Gasteiger partial charge >= 0.3 is 0 Å². The number of aliphatic imine (C=N–C) groups is 1. The predicted octanol–water partition coefficient (Wildman–Crippen LogP) is 1.90. The molecule has 4 rings (SSSR count). The fourth-order valence-electron chi connectivity index (χ4n) is 3.00. The molecule has 0 aromatic heterocycles. The lowest BCUT2D eigenvalue weighted by Crippen LogP contribution is -2.46. The fourth-order valence-corrected chi connectivity index (χ4v) is 5.70. The molecule has 168 valence electrons. The number of hydrogen-bond acceptors (Lipinski definition) is 8. The lowest BCUT2D eigenvalue weighted by molar-refractivity contribution is 0.358. The van der Waals surface area contributed by atoms with E-state index in [1.54, 1.807) is 0 Å². The number of hydrogen-bond donors (Lipinski definition) is 3. The highest BCUT2D eigenvalue weighted by Gasteiger charge is 2.22. The highest BCUT2D eigenvalue weighted by molar-refractivity contribution is 7.99. The van der Waals surface area contributed by atoms with E-state index in [4.69, 9.17) is 14.1 Å². The Balaban J connectivity index is 0.000000233. The van der Waals surface area contributed by atoms with Gasteiger partial charge in [0.2, 0.25) is 0 Å². The van der Waals surface area contributed by atoms with E-state index in [0.717, 1.165) is 37.7 Å². The van der Waals surface area contributed by atoms with Crippen LogP contribution in [0.15, 0.2) is 63.3 Å². The normalized spacial score (nSPS) is 16.2. The smallest absolute Gasteiger partial charge is 0.265 e. The van der Waals surface area contributed by atoms with E-state index in [-0.39, 0.29) is 0 Å². The van der Waals surface area contributed by atoms with E-state index < -0.39 is 31.7 Å². The van der Waals surface area contributed by atoms with Gasteiger partial charge in [0.25, 0.3) is 20.2 Å². The maximum atomic E-state index is 9.86. The van der Waals surface area contributed by atoms with Gasteiger partial charge in [-0.05, 0) is 18.2 Å². The van der Waals surface area contributed by atoms with Crippen LogP contribution in [0.4, 0.5) is 5.69 Å². The number of nitrogens with one attached hydrogen (secondary N) is 1. The average Bonchev–Trinajstić information content (AvgIpc) is 2.89. The van der Waals surface area contributed by atoms with Crippen LogP contribution in [0.1, 0.15) is 5.56 Å². The van der Waals surface area contributed by atoms with E-state index in [9.17, 15) is 16.8 Å². The third-order valence-electron chi connectivity index (χ3n) is 4.46. The fraction of sp³-hybridized carbons (Fsp3) is 0.316. The van der Waals surface area contributed by atoms with Crippen molar-refractivity contribution in [2.75, 3.05) is 37.7 Å². The first-order valence-electron chi connectivity index (χ1n) is 9.43. The number of fused-ring (bicyclic) bond motifs is 2. The number of benzene rings is 2. The molecule has 0 atom stereocenters. The van der Waals surface area contributed by atoms with Gasteiger partial charge in [0.05, 0.1) is 17.2 Å². The first-order valence-corrected chi connectivity index (χ1v) is 13.5. The predicted molar refractivity (Wildman–Crippen MR) is 120 cm³/mol. The topological polar surface area (TPSA) is 136 Å². The third kappa shape index (κ3) is 7.30. The highest BCUT2D eigenvalue weighted by atomic mass is 32.2. The molecule has 2 aliphatic rings. The second-order valence-electron chi connectivity index (χ2n) is 6.81. The van der Waals surface area contributed by atoms with Gasteiger partial charge in [-0.25, -0.2) is 4.99 Å². The molecule has 12 heteroatoms. The standard InChI is InChI=1S/C17H17N3S.C2H6O6S2/c1-3-7-15-13(5-1)17(20-11-9-18-10-12-20)19-14-6-2-4-8-16(14)21-15;3-9(4,5)1-2-10(6,7)8/h1-8,18H,9-12H2;1-2H2,(H,3,4,5)(H,6,7,8). The van der Waals surface area contributed by atoms with E-state index in [1.807, 2.05) is 11.8 Å². The first-order chi connectivity index (χ1) is 14.6. The highest BCUT2D eigenvalue weighted by Crippen LogP contribution is 2.40. The molecule has 3 N–H and O–H groups in total. The molecule has 0 unspecified atom stereocenters. The second kappa shape index (κ2) is 10.1. The molecular weight excluding hydrogens is 462 g/mol. The minimum absolute atomic E-state index is 0.980. The number of nitrogens with zero attached hydrogens (tertiary/aromatic N) is 2. The van der Waals surface area contributed by atoms with Gasteiger partial charge in [0.1, 0.15) is 5.84 Å². The van der Waals surface area contributed by atoms with Crippen molar-refractivity contribution in [3.8, 4) is 0 Å². The molecule has 0 radical (unpaired) electrons. The second-order valence-corrected chi connectivity index (χ2v) is 11.0. The summed E-state index contributed by atoms with van der Waals surface area (Å²) in [4.78, 5) is 9.92. The van der Waals surface area contributed by atoms with Crippen LogP contribution in [-0.2, 0) is 20.2 Å². The summed E-state index contributed by atoms with van der Waals surface area (Å²) in [7, 11) is -8.59. The summed E-state index contributed by atoms with van der Waals surface area (Å²) >= 11 is 1.81. The Labute approximate surface area is 186 Å². The Hall–Kier alpha value is -1.96. The zero-order valence-electron chi connectivity index (χ0n) is 16.5. The van der Waals surface area contributed by atoms with E-state index in [0.29, 0.717) is 0 Å². The van der Waals surface area contributed by atoms with Crippen molar-refractivity contribution in [3.63, 3.8) is 0 Å². The van der Waals surface area contributed by atoms with Crippen LogP contribution in [0, 0.1) is 0 Å². The summed E-state index contributed by atoms with van der Waals surface area (Å²) < 4.78 is 55.4. The van der Waals surface area contributed by atoms with Crippen molar-refractivity contribution < 1.29 is 25.9 Å². The van der Waals surface area contributed by atoms with E-state index in [1.165, 1.54) is 15.4 Å². The van der Waals surface area contributed by atoms with Crippen molar-refractivity contribution in [1.82, 2.24) is 10.2 Å². The van der Waals surface area contributed by atoms with Crippen molar-refractivity contribution in [2.45, 2.75) is 9.79 Å². The SMILES string of the molecule is O=S(=O)(O)CCS(=O)(=O)O.c1ccc2c(c1)N=C(N1CCNCC1)c1ccccc1S2. The summed E-state index contributed by atoms with van der Waals surface area (Å²) in [5, 5.41) is 3.41. The zero-order valence-corrected chi connectivity index (χ0v) is 19.0.